The van der Waals surface area contributed by atoms with E-state index in [1.807, 2.05) is 12.1 Å². The number of hydrogen-bond donors (Lipinski definition) is 2. The van der Waals surface area contributed by atoms with Crippen LogP contribution in [0.2, 0.25) is 0 Å². The zero-order chi connectivity index (χ0) is 22.1. The summed E-state index contributed by atoms with van der Waals surface area (Å²) in [5.41, 5.74) is 4.40. The highest BCUT2D eigenvalue weighted by Gasteiger charge is 2.51. The van der Waals surface area contributed by atoms with Crippen LogP contribution in [0.25, 0.3) is 0 Å². The zero-order valence-electron chi connectivity index (χ0n) is 19.2. The second kappa shape index (κ2) is 9.07. The molecule has 0 saturated heterocycles. The van der Waals surface area contributed by atoms with Crippen molar-refractivity contribution in [3.05, 3.63) is 58.7 Å². The van der Waals surface area contributed by atoms with Gasteiger partial charge >= 0.3 is 0 Å². The van der Waals surface area contributed by atoms with E-state index in [0.717, 1.165) is 41.1 Å². The minimum atomic E-state index is -0.0815. The summed E-state index contributed by atoms with van der Waals surface area (Å²) < 4.78 is 11.9. The summed E-state index contributed by atoms with van der Waals surface area (Å²) >= 11 is 0. The minimum Gasteiger partial charge on any atom is -0.490 e. The van der Waals surface area contributed by atoms with Crippen molar-refractivity contribution in [1.82, 2.24) is 0 Å². The first-order valence-electron chi connectivity index (χ1n) is 12.3. The van der Waals surface area contributed by atoms with Gasteiger partial charge in [0.1, 0.15) is 24.7 Å². The lowest BCUT2D eigenvalue weighted by atomic mass is 9.48. The molecule has 0 spiro atoms. The Hall–Kier alpha value is -2.04. The van der Waals surface area contributed by atoms with Gasteiger partial charge in [0.2, 0.25) is 0 Å². The molecule has 32 heavy (non-hydrogen) atoms. The first-order chi connectivity index (χ1) is 15.6. The average Bonchev–Trinajstić information content (AvgIpc) is 2.81. The van der Waals surface area contributed by atoms with Crippen LogP contribution in [0.4, 0.5) is 0 Å². The molecule has 0 amide bonds. The van der Waals surface area contributed by atoms with Gasteiger partial charge < -0.3 is 19.7 Å². The summed E-state index contributed by atoms with van der Waals surface area (Å²) in [5.74, 6) is 4.02. The average molecular weight is 437 g/mol. The highest BCUT2D eigenvalue weighted by molar-refractivity contribution is 5.47. The molecule has 2 aromatic rings. The van der Waals surface area contributed by atoms with E-state index in [2.05, 4.69) is 31.2 Å². The van der Waals surface area contributed by atoms with Crippen molar-refractivity contribution in [2.45, 2.75) is 70.5 Å². The van der Waals surface area contributed by atoms with Gasteiger partial charge in [0.15, 0.2) is 0 Å². The van der Waals surface area contributed by atoms with Gasteiger partial charge in [0, 0.05) is 11.1 Å². The van der Waals surface area contributed by atoms with E-state index >= 15 is 0 Å². The first kappa shape index (κ1) is 21.8. The van der Waals surface area contributed by atoms with Crippen molar-refractivity contribution in [1.29, 1.82) is 0 Å². The van der Waals surface area contributed by atoms with Gasteiger partial charge in [-0.1, -0.05) is 19.1 Å². The Morgan fingerprint density at radius 3 is 1.84 bits per heavy atom. The van der Waals surface area contributed by atoms with Crippen LogP contribution in [0.15, 0.2) is 36.4 Å². The van der Waals surface area contributed by atoms with Crippen LogP contribution >= 0.6 is 0 Å². The van der Waals surface area contributed by atoms with Crippen LogP contribution in [0.3, 0.4) is 0 Å². The summed E-state index contributed by atoms with van der Waals surface area (Å²) in [6, 6.07) is 12.4. The monoisotopic (exact) mass is 436 g/mol. The predicted molar refractivity (Wildman–Crippen MR) is 125 cm³/mol. The number of aliphatic hydroxyl groups excluding tert-OH is 2. The fourth-order valence-corrected chi connectivity index (χ4v) is 7.07. The zero-order valence-corrected chi connectivity index (χ0v) is 19.2. The van der Waals surface area contributed by atoms with E-state index in [9.17, 15) is 10.2 Å². The standard InChI is InChI=1S/C28H36O4/c1-2-19-3-5-26(6-4-19)31-7-8-32-27-23(17-29)12-25(13-24(27)18-30)28-14-20-9-21(15-28)11-22(10-20)16-28/h3-6,12-13,20-22,29-30H,2,7-11,14-18H2,1H3. The Balaban J connectivity index is 1.30. The SMILES string of the molecule is CCc1ccc(OCCOc2c(CO)cc(C34CC5CC(CC(C5)C3)C4)cc2CO)cc1. The van der Waals surface area contributed by atoms with E-state index in [4.69, 9.17) is 9.47 Å². The second-order valence-electron chi connectivity index (χ2n) is 10.3. The lowest BCUT2D eigenvalue weighted by Gasteiger charge is -2.57. The van der Waals surface area contributed by atoms with Crippen molar-refractivity contribution in [2.24, 2.45) is 17.8 Å². The first-order valence-corrected chi connectivity index (χ1v) is 12.3. The summed E-state index contributed by atoms with van der Waals surface area (Å²) in [4.78, 5) is 0. The smallest absolute Gasteiger partial charge is 0.130 e. The molecule has 4 aliphatic rings. The maximum absolute atomic E-state index is 10.1. The Morgan fingerprint density at radius 1 is 0.812 bits per heavy atom. The predicted octanol–water partition coefficient (Wildman–Crippen LogP) is 5.16. The van der Waals surface area contributed by atoms with E-state index in [1.54, 1.807) is 0 Å². The van der Waals surface area contributed by atoms with Crippen molar-refractivity contribution in [3.8, 4) is 11.5 Å². The van der Waals surface area contributed by atoms with E-state index in [-0.39, 0.29) is 18.6 Å². The maximum Gasteiger partial charge on any atom is 0.130 e. The molecule has 2 aromatic carbocycles. The highest BCUT2D eigenvalue weighted by atomic mass is 16.5. The van der Waals surface area contributed by atoms with Crippen LogP contribution in [-0.4, -0.2) is 23.4 Å². The number of benzene rings is 2. The fourth-order valence-electron chi connectivity index (χ4n) is 7.07. The highest BCUT2D eigenvalue weighted by Crippen LogP contribution is 2.61. The van der Waals surface area contributed by atoms with Gasteiger partial charge in [0.05, 0.1) is 13.2 Å². The van der Waals surface area contributed by atoms with Crippen molar-refractivity contribution < 1.29 is 19.7 Å². The molecule has 4 fully saturated rings. The van der Waals surface area contributed by atoms with Crippen molar-refractivity contribution in [2.75, 3.05) is 13.2 Å². The molecule has 0 aromatic heterocycles. The van der Waals surface area contributed by atoms with Crippen molar-refractivity contribution >= 4 is 0 Å². The third-order valence-corrected chi connectivity index (χ3v) is 8.16. The van der Waals surface area contributed by atoms with Gasteiger partial charge in [-0.25, -0.2) is 0 Å². The van der Waals surface area contributed by atoms with E-state index < -0.39 is 0 Å². The van der Waals surface area contributed by atoms with Gasteiger partial charge in [-0.15, -0.1) is 0 Å². The molecule has 4 saturated carbocycles. The van der Waals surface area contributed by atoms with Crippen LogP contribution in [0.5, 0.6) is 11.5 Å². The molecule has 0 heterocycles. The van der Waals surface area contributed by atoms with Gasteiger partial charge in [0.25, 0.3) is 0 Å². The number of aliphatic hydroxyl groups is 2. The maximum atomic E-state index is 10.1. The summed E-state index contributed by atoms with van der Waals surface area (Å²) in [7, 11) is 0. The van der Waals surface area contributed by atoms with Crippen LogP contribution in [0.1, 0.15) is 67.7 Å². The van der Waals surface area contributed by atoms with Gasteiger partial charge in [-0.05, 0) is 104 Å². The third kappa shape index (κ3) is 4.15. The fraction of sp³-hybridized carbons (Fsp3) is 0.571. The summed E-state index contributed by atoms with van der Waals surface area (Å²) in [6.45, 7) is 2.75. The summed E-state index contributed by atoms with van der Waals surface area (Å²) in [6.07, 6.45) is 9.01. The number of rotatable bonds is 9. The number of aryl methyl sites for hydroxylation is 1. The third-order valence-electron chi connectivity index (χ3n) is 8.16. The molecule has 172 valence electrons. The molecule has 4 aliphatic carbocycles. The lowest BCUT2D eigenvalue weighted by Crippen LogP contribution is -2.48. The van der Waals surface area contributed by atoms with Crippen LogP contribution in [0, 0.1) is 17.8 Å². The molecule has 0 aliphatic heterocycles. The van der Waals surface area contributed by atoms with Crippen molar-refractivity contribution in [3.63, 3.8) is 0 Å². The molecular weight excluding hydrogens is 400 g/mol. The molecule has 0 unspecified atom stereocenters. The van der Waals surface area contributed by atoms with E-state index in [1.165, 1.54) is 49.7 Å². The Morgan fingerprint density at radius 2 is 1.34 bits per heavy atom. The van der Waals surface area contributed by atoms with Gasteiger partial charge in [-0.3, -0.25) is 0 Å². The van der Waals surface area contributed by atoms with Crippen LogP contribution in [-0.2, 0) is 25.0 Å². The molecule has 4 nitrogen and oxygen atoms in total. The largest absolute Gasteiger partial charge is 0.490 e. The molecule has 6 rings (SSSR count). The Bertz CT molecular complexity index is 873. The quantitative estimate of drug-likeness (QED) is 0.533. The van der Waals surface area contributed by atoms with Crippen LogP contribution < -0.4 is 9.47 Å². The normalized spacial score (nSPS) is 28.2. The second-order valence-corrected chi connectivity index (χ2v) is 10.3. The molecule has 0 atom stereocenters. The number of ether oxygens (including phenoxy) is 2. The topological polar surface area (TPSA) is 58.9 Å². The Kier molecular flexibility index (Phi) is 6.18. The lowest BCUT2D eigenvalue weighted by molar-refractivity contribution is -0.00534. The molecule has 4 bridgehead atoms. The van der Waals surface area contributed by atoms with E-state index in [0.29, 0.717) is 19.0 Å². The number of hydrogen-bond acceptors (Lipinski definition) is 4. The van der Waals surface area contributed by atoms with Gasteiger partial charge in [-0.2, -0.15) is 0 Å². The molecule has 2 N–H and O–H groups in total. The minimum absolute atomic E-state index is 0.0815. The molecular formula is C28H36O4. The molecule has 4 heteroatoms. The Labute approximate surface area is 191 Å². The molecule has 0 radical (unpaired) electrons. The summed E-state index contributed by atoms with van der Waals surface area (Å²) in [5, 5.41) is 20.3.